The summed E-state index contributed by atoms with van der Waals surface area (Å²) in [5.41, 5.74) is 3.65. The zero-order valence-corrected chi connectivity index (χ0v) is 25.4. The second kappa shape index (κ2) is 12.9. The van der Waals surface area contributed by atoms with E-state index < -0.39 is 41.7 Å². The van der Waals surface area contributed by atoms with E-state index in [1.165, 1.54) is 4.90 Å². The van der Waals surface area contributed by atoms with Gasteiger partial charge in [-0.2, -0.15) is 0 Å². The Balaban J connectivity index is 1.43. The van der Waals surface area contributed by atoms with Crippen molar-refractivity contribution in [3.63, 3.8) is 0 Å². The fourth-order valence-electron chi connectivity index (χ4n) is 6.04. The number of nitrogens with zero attached hydrogens (tertiary/aromatic N) is 2. The minimum Gasteiger partial charge on any atom is -0.481 e. The van der Waals surface area contributed by atoms with Crippen molar-refractivity contribution in [3.05, 3.63) is 101 Å². The van der Waals surface area contributed by atoms with Gasteiger partial charge >= 0.3 is 12.1 Å². The van der Waals surface area contributed by atoms with Gasteiger partial charge in [-0.25, -0.2) is 4.79 Å². The molecule has 0 aromatic heterocycles. The van der Waals surface area contributed by atoms with Gasteiger partial charge in [-0.1, -0.05) is 72.8 Å². The predicted molar refractivity (Wildman–Crippen MR) is 166 cm³/mol. The molecule has 3 aromatic rings. The van der Waals surface area contributed by atoms with E-state index in [1.54, 1.807) is 37.8 Å². The molecule has 230 valence electrons. The van der Waals surface area contributed by atoms with Crippen molar-refractivity contribution in [1.82, 2.24) is 10.2 Å². The molecule has 0 saturated carbocycles. The number of carbonyl (C=O) groups excluding carboxylic acids is 3. The fourth-order valence-corrected chi connectivity index (χ4v) is 6.04. The summed E-state index contributed by atoms with van der Waals surface area (Å²) in [7, 11) is 0. The fraction of sp³-hybridized carbons (Fsp3) is 0.371. The Morgan fingerprint density at radius 2 is 1.52 bits per heavy atom. The monoisotopic (exact) mass is 597 g/mol. The normalized spacial score (nSPS) is 18.2. The number of anilines is 1. The molecule has 9 heteroatoms. The molecule has 0 spiro atoms. The van der Waals surface area contributed by atoms with Gasteiger partial charge in [0.15, 0.2) is 0 Å². The Morgan fingerprint density at radius 3 is 2.20 bits per heavy atom. The van der Waals surface area contributed by atoms with Crippen molar-refractivity contribution in [2.24, 2.45) is 0 Å². The van der Waals surface area contributed by atoms with Crippen LogP contribution in [-0.4, -0.2) is 57.6 Å². The SMILES string of the molecule is CC(C)(C)OC(=O)N1c2ccccc2C[C@@H]1C(=O)N[C@@H](CCc1ccccc1)C(=O)N1Cc2ccccc2C[C@@H]1CC(=O)O. The van der Waals surface area contributed by atoms with Gasteiger partial charge in [0.2, 0.25) is 11.8 Å². The van der Waals surface area contributed by atoms with Crippen molar-refractivity contribution in [2.75, 3.05) is 4.90 Å². The molecule has 2 heterocycles. The molecule has 0 aliphatic carbocycles. The van der Waals surface area contributed by atoms with Crippen LogP contribution in [0.4, 0.5) is 10.5 Å². The summed E-state index contributed by atoms with van der Waals surface area (Å²) in [6, 6.07) is 22.3. The van der Waals surface area contributed by atoms with Crippen molar-refractivity contribution in [1.29, 1.82) is 0 Å². The van der Waals surface area contributed by atoms with Gasteiger partial charge in [0.05, 0.1) is 12.1 Å². The van der Waals surface area contributed by atoms with Gasteiger partial charge in [-0.05, 0) is 68.4 Å². The molecule has 0 fully saturated rings. The zero-order valence-electron chi connectivity index (χ0n) is 25.4. The third-order valence-corrected chi connectivity index (χ3v) is 8.10. The third kappa shape index (κ3) is 7.10. The van der Waals surface area contributed by atoms with Crippen LogP contribution in [0.15, 0.2) is 78.9 Å². The average molecular weight is 598 g/mol. The number of rotatable bonds is 8. The summed E-state index contributed by atoms with van der Waals surface area (Å²) in [6.45, 7) is 5.56. The first-order valence-electron chi connectivity index (χ1n) is 15.0. The zero-order chi connectivity index (χ0) is 31.4. The molecule has 0 saturated heterocycles. The lowest BCUT2D eigenvalue weighted by atomic mass is 9.91. The average Bonchev–Trinajstić information content (AvgIpc) is 3.38. The first-order chi connectivity index (χ1) is 21.0. The smallest absolute Gasteiger partial charge is 0.415 e. The van der Waals surface area contributed by atoms with E-state index in [0.717, 1.165) is 22.3 Å². The Hall–Kier alpha value is -4.66. The second-order valence-corrected chi connectivity index (χ2v) is 12.5. The van der Waals surface area contributed by atoms with E-state index in [2.05, 4.69) is 5.32 Å². The van der Waals surface area contributed by atoms with Gasteiger partial charge in [0.1, 0.15) is 17.7 Å². The highest BCUT2D eigenvalue weighted by molar-refractivity contribution is 6.02. The number of para-hydroxylation sites is 1. The lowest BCUT2D eigenvalue weighted by Crippen LogP contribution is -2.57. The maximum absolute atomic E-state index is 14.3. The van der Waals surface area contributed by atoms with Crippen LogP contribution in [0.2, 0.25) is 0 Å². The molecule has 2 aliphatic rings. The minimum absolute atomic E-state index is 0.205. The molecule has 9 nitrogen and oxygen atoms in total. The summed E-state index contributed by atoms with van der Waals surface area (Å²) in [5.74, 6) is -1.80. The number of hydrogen-bond acceptors (Lipinski definition) is 5. The van der Waals surface area contributed by atoms with Gasteiger partial charge in [-0.15, -0.1) is 0 Å². The lowest BCUT2D eigenvalue weighted by molar-refractivity contribution is -0.144. The van der Waals surface area contributed by atoms with E-state index >= 15 is 0 Å². The number of carbonyl (C=O) groups is 4. The molecule has 3 aromatic carbocycles. The number of fused-ring (bicyclic) bond motifs is 2. The number of carboxylic acid groups (broad SMARTS) is 1. The van der Waals surface area contributed by atoms with Crippen LogP contribution in [-0.2, 0) is 44.9 Å². The molecule has 44 heavy (non-hydrogen) atoms. The Morgan fingerprint density at radius 1 is 0.886 bits per heavy atom. The molecule has 2 aliphatic heterocycles. The Bertz CT molecular complexity index is 1530. The number of nitrogens with one attached hydrogen (secondary N) is 1. The summed E-state index contributed by atoms with van der Waals surface area (Å²) in [4.78, 5) is 56.5. The van der Waals surface area contributed by atoms with Crippen LogP contribution in [0.1, 0.15) is 55.9 Å². The standard InChI is InChI=1S/C35H39N3O6/c1-35(2,3)44-34(43)38-29-16-10-9-14-25(29)20-30(38)32(41)36-28(18-17-23-11-5-4-6-12-23)33(42)37-22-26-15-8-7-13-24(26)19-27(37)21-31(39)40/h4-16,27-28,30H,17-22H2,1-3H3,(H,36,41)(H,39,40)/t27-,28+,30-/m1/s1. The number of carboxylic acids is 1. The molecular weight excluding hydrogens is 558 g/mol. The summed E-state index contributed by atoms with van der Waals surface area (Å²) in [5, 5.41) is 12.7. The maximum Gasteiger partial charge on any atom is 0.415 e. The van der Waals surface area contributed by atoms with E-state index in [1.807, 2.05) is 66.7 Å². The van der Waals surface area contributed by atoms with Crippen LogP contribution in [0, 0.1) is 0 Å². The summed E-state index contributed by atoms with van der Waals surface area (Å²) in [6.07, 6.45) is 0.676. The van der Waals surface area contributed by atoms with Gasteiger partial charge in [0, 0.05) is 19.0 Å². The highest BCUT2D eigenvalue weighted by Gasteiger charge is 2.42. The van der Waals surface area contributed by atoms with Crippen LogP contribution >= 0.6 is 0 Å². The lowest BCUT2D eigenvalue weighted by Gasteiger charge is -2.39. The van der Waals surface area contributed by atoms with Crippen LogP contribution in [0.25, 0.3) is 0 Å². The van der Waals surface area contributed by atoms with Crippen LogP contribution in [0.3, 0.4) is 0 Å². The number of amides is 3. The third-order valence-electron chi connectivity index (χ3n) is 8.10. The molecular formula is C35H39N3O6. The van der Waals surface area contributed by atoms with E-state index in [-0.39, 0.29) is 25.3 Å². The molecule has 0 unspecified atom stereocenters. The molecule has 0 radical (unpaired) electrons. The number of ether oxygens (including phenoxy) is 1. The van der Waals surface area contributed by atoms with Gasteiger partial charge in [-0.3, -0.25) is 19.3 Å². The van der Waals surface area contributed by atoms with Crippen molar-refractivity contribution in [3.8, 4) is 0 Å². The second-order valence-electron chi connectivity index (χ2n) is 12.5. The van der Waals surface area contributed by atoms with Crippen LogP contribution in [0.5, 0.6) is 0 Å². The number of aryl methyl sites for hydroxylation is 1. The van der Waals surface area contributed by atoms with Gasteiger partial charge in [0.25, 0.3) is 0 Å². The summed E-state index contributed by atoms with van der Waals surface area (Å²) < 4.78 is 5.67. The maximum atomic E-state index is 14.3. The van der Waals surface area contributed by atoms with E-state index in [9.17, 15) is 24.3 Å². The molecule has 2 N–H and O–H groups in total. The highest BCUT2D eigenvalue weighted by atomic mass is 16.6. The van der Waals surface area contributed by atoms with Crippen LogP contribution < -0.4 is 10.2 Å². The van der Waals surface area contributed by atoms with E-state index in [4.69, 9.17) is 4.74 Å². The number of hydrogen-bond donors (Lipinski definition) is 2. The number of aliphatic carboxylic acids is 1. The highest BCUT2D eigenvalue weighted by Crippen LogP contribution is 2.34. The largest absolute Gasteiger partial charge is 0.481 e. The van der Waals surface area contributed by atoms with E-state index in [0.29, 0.717) is 24.9 Å². The first kappa shape index (κ1) is 30.8. The number of benzene rings is 3. The Kier molecular flexibility index (Phi) is 9.04. The van der Waals surface area contributed by atoms with Crippen molar-refractivity contribution in [2.45, 2.75) is 83.1 Å². The van der Waals surface area contributed by atoms with Crippen molar-refractivity contribution >= 4 is 29.6 Å². The molecule has 3 atom stereocenters. The minimum atomic E-state index is -0.992. The Labute approximate surface area is 257 Å². The predicted octanol–water partition coefficient (Wildman–Crippen LogP) is 4.90. The topological polar surface area (TPSA) is 116 Å². The quantitative estimate of drug-likeness (QED) is 0.382. The van der Waals surface area contributed by atoms with Gasteiger partial charge < -0.3 is 20.1 Å². The molecule has 0 bridgehead atoms. The van der Waals surface area contributed by atoms with Crippen molar-refractivity contribution < 1.29 is 29.0 Å². The summed E-state index contributed by atoms with van der Waals surface area (Å²) >= 11 is 0. The molecule has 3 amide bonds. The first-order valence-corrected chi connectivity index (χ1v) is 15.0. The molecule has 5 rings (SSSR count).